The molecule has 0 fully saturated rings. The Kier molecular flexibility index (Phi) is 1.73. The molecule has 0 radical (unpaired) electrons. The fourth-order valence-electron chi connectivity index (χ4n) is 1.37. The van der Waals surface area contributed by atoms with Gasteiger partial charge in [0.2, 0.25) is 0 Å². The van der Waals surface area contributed by atoms with Crippen LogP contribution in [0.1, 0.15) is 11.3 Å². The highest BCUT2D eigenvalue weighted by Gasteiger charge is 2.22. The number of hydrogen-bond donors (Lipinski definition) is 1. The Morgan fingerprint density at radius 1 is 1.46 bits per heavy atom. The fraction of sp³-hybridized carbons (Fsp3) is 0.429. The zero-order valence-corrected chi connectivity index (χ0v) is 7.60. The van der Waals surface area contributed by atoms with Crippen LogP contribution in [0, 0.1) is 0 Å². The van der Waals surface area contributed by atoms with E-state index in [1.165, 1.54) is 6.07 Å². The van der Waals surface area contributed by atoms with E-state index in [2.05, 4.69) is 10.2 Å². The predicted octanol–water partition coefficient (Wildman–Crippen LogP) is -0.759. The molecule has 0 aliphatic carbocycles. The molecule has 0 saturated heterocycles. The molecule has 0 atom stereocenters. The van der Waals surface area contributed by atoms with Crippen molar-refractivity contribution in [3.63, 3.8) is 0 Å². The Morgan fingerprint density at radius 2 is 2.23 bits per heavy atom. The van der Waals surface area contributed by atoms with Gasteiger partial charge in [-0.2, -0.15) is 5.10 Å². The number of sulfone groups is 1. The maximum Gasteiger partial charge on any atom is 0.264 e. The summed E-state index contributed by atoms with van der Waals surface area (Å²) in [6.45, 7) is 0. The highest BCUT2D eigenvalue weighted by molar-refractivity contribution is 7.90. The summed E-state index contributed by atoms with van der Waals surface area (Å²) in [7, 11) is -3.01. The minimum absolute atomic E-state index is 0.0563. The molecule has 1 aromatic rings. The van der Waals surface area contributed by atoms with E-state index in [1.54, 1.807) is 0 Å². The molecule has 0 aromatic carbocycles. The van der Waals surface area contributed by atoms with E-state index in [-0.39, 0.29) is 17.1 Å². The molecule has 1 N–H and O–H groups in total. The molecule has 2 rings (SSSR count). The Labute approximate surface area is 74.7 Å². The van der Waals surface area contributed by atoms with Crippen LogP contribution < -0.4 is 5.56 Å². The topological polar surface area (TPSA) is 79.9 Å². The van der Waals surface area contributed by atoms with Gasteiger partial charge in [0.05, 0.1) is 17.2 Å². The molecule has 5 nitrogen and oxygen atoms in total. The van der Waals surface area contributed by atoms with Crippen molar-refractivity contribution in [2.45, 2.75) is 12.2 Å². The molecule has 0 bridgehead atoms. The second-order valence-corrected chi connectivity index (χ2v) is 5.23. The number of aromatic nitrogens is 2. The molecule has 2 heterocycles. The van der Waals surface area contributed by atoms with Crippen molar-refractivity contribution in [1.29, 1.82) is 0 Å². The highest BCUT2D eigenvalue weighted by Crippen LogP contribution is 2.15. The van der Waals surface area contributed by atoms with Crippen LogP contribution in [0.15, 0.2) is 10.9 Å². The number of rotatable bonds is 0. The van der Waals surface area contributed by atoms with Crippen LogP contribution >= 0.6 is 0 Å². The van der Waals surface area contributed by atoms with Crippen LogP contribution in [0.3, 0.4) is 0 Å². The maximum atomic E-state index is 11.2. The monoisotopic (exact) mass is 200 g/mol. The van der Waals surface area contributed by atoms with Gasteiger partial charge < -0.3 is 0 Å². The van der Waals surface area contributed by atoms with Crippen LogP contribution in [0.25, 0.3) is 0 Å². The van der Waals surface area contributed by atoms with Gasteiger partial charge in [-0.05, 0) is 5.56 Å². The third-order valence-corrected chi connectivity index (χ3v) is 3.58. The van der Waals surface area contributed by atoms with Crippen molar-refractivity contribution in [3.05, 3.63) is 27.7 Å². The van der Waals surface area contributed by atoms with Crippen LogP contribution in [0.5, 0.6) is 0 Å². The second kappa shape index (κ2) is 2.66. The van der Waals surface area contributed by atoms with Crippen LogP contribution in [-0.4, -0.2) is 24.4 Å². The van der Waals surface area contributed by atoms with Gasteiger partial charge in [0.1, 0.15) is 0 Å². The Balaban J connectivity index is 2.56. The van der Waals surface area contributed by atoms with Crippen molar-refractivity contribution >= 4 is 9.84 Å². The molecule has 70 valence electrons. The molecule has 0 spiro atoms. The zero-order chi connectivity index (χ0) is 9.47. The molecule has 1 aromatic heterocycles. The quantitative estimate of drug-likeness (QED) is 0.597. The van der Waals surface area contributed by atoms with Gasteiger partial charge in [-0.25, -0.2) is 13.5 Å². The van der Waals surface area contributed by atoms with E-state index in [0.717, 1.165) is 0 Å². The number of hydrogen-bond acceptors (Lipinski definition) is 4. The Hall–Kier alpha value is -1.17. The lowest BCUT2D eigenvalue weighted by Gasteiger charge is -2.13. The average Bonchev–Trinajstić information content (AvgIpc) is 2.01. The van der Waals surface area contributed by atoms with Crippen molar-refractivity contribution < 1.29 is 8.42 Å². The third-order valence-electron chi connectivity index (χ3n) is 2.00. The van der Waals surface area contributed by atoms with E-state index in [9.17, 15) is 13.2 Å². The summed E-state index contributed by atoms with van der Waals surface area (Å²) in [6, 6.07) is 1.30. The average molecular weight is 200 g/mol. The summed E-state index contributed by atoms with van der Waals surface area (Å²) < 4.78 is 22.4. The number of fused-ring (bicyclic) bond motifs is 1. The standard InChI is InChI=1S/C7H8N2O3S/c10-7-3-5-4-13(11,12)2-1-6(5)8-9-7/h3H,1-2,4H2,(H,9,10). The lowest BCUT2D eigenvalue weighted by molar-refractivity contribution is 0.590. The van der Waals surface area contributed by atoms with Gasteiger partial charge in [0, 0.05) is 12.5 Å². The summed E-state index contributed by atoms with van der Waals surface area (Å²) in [5.74, 6) is 0.0678. The van der Waals surface area contributed by atoms with E-state index < -0.39 is 9.84 Å². The summed E-state index contributed by atoms with van der Waals surface area (Å²) in [4.78, 5) is 10.8. The number of aromatic amines is 1. The van der Waals surface area contributed by atoms with Crippen molar-refractivity contribution in [1.82, 2.24) is 10.2 Å². The first-order valence-electron chi connectivity index (χ1n) is 3.85. The van der Waals surface area contributed by atoms with Crippen LogP contribution in [-0.2, 0) is 22.0 Å². The number of nitrogens with one attached hydrogen (secondary N) is 1. The first kappa shape index (κ1) is 8.43. The Bertz CT molecular complexity index is 489. The number of aryl methyl sites for hydroxylation is 1. The minimum atomic E-state index is -3.01. The normalized spacial score (nSPS) is 19.4. The van der Waals surface area contributed by atoms with Gasteiger partial charge >= 0.3 is 0 Å². The maximum absolute atomic E-state index is 11.2. The lowest BCUT2D eigenvalue weighted by Crippen LogP contribution is -2.23. The van der Waals surface area contributed by atoms with Gasteiger partial charge in [0.15, 0.2) is 9.84 Å². The van der Waals surface area contributed by atoms with Crippen molar-refractivity contribution in [2.75, 3.05) is 5.75 Å². The van der Waals surface area contributed by atoms with Crippen molar-refractivity contribution in [3.8, 4) is 0 Å². The predicted molar refractivity (Wildman–Crippen MR) is 46.1 cm³/mol. The van der Waals surface area contributed by atoms with Crippen LogP contribution in [0.4, 0.5) is 0 Å². The largest absolute Gasteiger partial charge is 0.268 e. The third kappa shape index (κ3) is 1.62. The molecular formula is C7H8N2O3S. The van der Waals surface area contributed by atoms with Crippen molar-refractivity contribution in [2.24, 2.45) is 0 Å². The summed E-state index contributed by atoms with van der Waals surface area (Å²) in [6.07, 6.45) is 0.397. The smallest absolute Gasteiger partial charge is 0.264 e. The molecule has 0 amide bonds. The summed E-state index contributed by atoms with van der Waals surface area (Å²) in [5, 5.41) is 6.07. The van der Waals surface area contributed by atoms with Gasteiger partial charge in [-0.15, -0.1) is 0 Å². The number of H-pyrrole nitrogens is 1. The van der Waals surface area contributed by atoms with Gasteiger partial charge in [-0.3, -0.25) is 4.79 Å². The first-order chi connectivity index (χ1) is 6.07. The summed E-state index contributed by atoms with van der Waals surface area (Å²) in [5.41, 5.74) is 0.875. The van der Waals surface area contributed by atoms with Crippen LogP contribution in [0.2, 0.25) is 0 Å². The fourth-order valence-corrected chi connectivity index (χ4v) is 2.74. The molecule has 1 aliphatic heterocycles. The van der Waals surface area contributed by atoms with E-state index in [1.807, 2.05) is 0 Å². The lowest BCUT2D eigenvalue weighted by atomic mass is 10.2. The highest BCUT2D eigenvalue weighted by atomic mass is 32.2. The van der Waals surface area contributed by atoms with Gasteiger partial charge in [-0.1, -0.05) is 0 Å². The molecule has 0 unspecified atom stereocenters. The van der Waals surface area contributed by atoms with E-state index in [4.69, 9.17) is 0 Å². The molecule has 6 heteroatoms. The molecule has 1 aliphatic rings. The Morgan fingerprint density at radius 3 is 3.00 bits per heavy atom. The SMILES string of the molecule is O=c1cc2c(n[nH]1)CCS(=O)(=O)C2. The zero-order valence-electron chi connectivity index (χ0n) is 6.78. The first-order valence-corrected chi connectivity index (χ1v) is 5.67. The van der Waals surface area contributed by atoms with E-state index >= 15 is 0 Å². The minimum Gasteiger partial charge on any atom is -0.268 e. The molecule has 0 saturated carbocycles. The van der Waals surface area contributed by atoms with E-state index in [0.29, 0.717) is 17.7 Å². The second-order valence-electron chi connectivity index (χ2n) is 3.05. The van der Waals surface area contributed by atoms with Gasteiger partial charge in [0.25, 0.3) is 5.56 Å². The molecule has 13 heavy (non-hydrogen) atoms. The number of nitrogens with zero attached hydrogens (tertiary/aromatic N) is 1. The molecular weight excluding hydrogens is 192 g/mol. The summed E-state index contributed by atoms with van der Waals surface area (Å²) >= 11 is 0.